The standard InChI is InChI=1S/C15H26O3/c1-8-5-6-15-9(8)10(16)11(17)14(15,4)7-13(2,3)12(15)18/h8-12,16-18H,5-7H2,1-4H3/t8-,9-,10-,11+,12-,14-,15-/m1/s1. The van der Waals surface area contributed by atoms with Crippen molar-refractivity contribution < 1.29 is 15.3 Å². The predicted molar refractivity (Wildman–Crippen MR) is 68.8 cm³/mol. The van der Waals surface area contributed by atoms with Gasteiger partial charge < -0.3 is 15.3 Å². The third-order valence-corrected chi connectivity index (χ3v) is 6.68. The summed E-state index contributed by atoms with van der Waals surface area (Å²) in [6.45, 7) is 8.42. The van der Waals surface area contributed by atoms with Crippen molar-refractivity contribution in [1.29, 1.82) is 0 Å². The lowest BCUT2D eigenvalue weighted by atomic mass is 9.64. The zero-order valence-electron chi connectivity index (χ0n) is 11.8. The van der Waals surface area contributed by atoms with E-state index < -0.39 is 18.3 Å². The van der Waals surface area contributed by atoms with Crippen molar-refractivity contribution in [3.63, 3.8) is 0 Å². The van der Waals surface area contributed by atoms with Gasteiger partial charge in [-0.2, -0.15) is 0 Å². The van der Waals surface area contributed by atoms with Crippen molar-refractivity contribution in [2.75, 3.05) is 0 Å². The molecule has 0 bridgehead atoms. The molecule has 1 spiro atoms. The lowest BCUT2D eigenvalue weighted by molar-refractivity contribution is -0.0641. The van der Waals surface area contributed by atoms with Gasteiger partial charge in [-0.05, 0) is 36.5 Å². The summed E-state index contributed by atoms with van der Waals surface area (Å²) < 4.78 is 0. The van der Waals surface area contributed by atoms with Gasteiger partial charge in [-0.1, -0.05) is 27.7 Å². The van der Waals surface area contributed by atoms with Crippen LogP contribution in [0.1, 0.15) is 47.0 Å². The van der Waals surface area contributed by atoms with E-state index in [0.717, 1.165) is 19.3 Å². The van der Waals surface area contributed by atoms with E-state index in [1.165, 1.54) is 0 Å². The van der Waals surface area contributed by atoms with Crippen LogP contribution in [0.3, 0.4) is 0 Å². The van der Waals surface area contributed by atoms with Crippen LogP contribution in [-0.4, -0.2) is 33.6 Å². The van der Waals surface area contributed by atoms with E-state index in [1.54, 1.807) is 0 Å². The second-order valence-electron chi connectivity index (χ2n) is 8.00. The Morgan fingerprint density at radius 1 is 1.06 bits per heavy atom. The van der Waals surface area contributed by atoms with Crippen LogP contribution in [0.15, 0.2) is 0 Å². The molecule has 18 heavy (non-hydrogen) atoms. The monoisotopic (exact) mass is 254 g/mol. The van der Waals surface area contributed by atoms with Crippen molar-refractivity contribution in [1.82, 2.24) is 0 Å². The first-order valence-corrected chi connectivity index (χ1v) is 7.23. The maximum Gasteiger partial charge on any atom is 0.0862 e. The zero-order chi connectivity index (χ0) is 13.5. The van der Waals surface area contributed by atoms with E-state index in [-0.39, 0.29) is 22.2 Å². The molecule has 0 aromatic heterocycles. The Balaban J connectivity index is 2.17. The normalized spacial score (nSPS) is 61.8. The summed E-state index contributed by atoms with van der Waals surface area (Å²) in [5.74, 6) is 0.439. The minimum atomic E-state index is -0.693. The first-order chi connectivity index (χ1) is 8.18. The molecular weight excluding hydrogens is 228 g/mol. The van der Waals surface area contributed by atoms with Gasteiger partial charge in [0.15, 0.2) is 0 Å². The molecular formula is C15H26O3. The lowest BCUT2D eigenvalue weighted by Crippen LogP contribution is -2.45. The number of aliphatic hydroxyl groups excluding tert-OH is 3. The molecule has 3 aliphatic rings. The van der Waals surface area contributed by atoms with Gasteiger partial charge in [0.05, 0.1) is 18.3 Å². The van der Waals surface area contributed by atoms with Gasteiger partial charge in [-0.25, -0.2) is 0 Å². The van der Waals surface area contributed by atoms with Crippen LogP contribution in [0, 0.1) is 28.1 Å². The molecule has 0 amide bonds. The molecule has 0 heterocycles. The van der Waals surface area contributed by atoms with Crippen LogP contribution < -0.4 is 0 Å². The van der Waals surface area contributed by atoms with Crippen molar-refractivity contribution in [2.24, 2.45) is 28.1 Å². The van der Waals surface area contributed by atoms with Crippen LogP contribution in [0.4, 0.5) is 0 Å². The molecule has 0 saturated heterocycles. The van der Waals surface area contributed by atoms with Gasteiger partial charge in [0.2, 0.25) is 0 Å². The minimum absolute atomic E-state index is 0.0503. The summed E-state index contributed by atoms with van der Waals surface area (Å²) in [7, 11) is 0. The van der Waals surface area contributed by atoms with E-state index in [1.807, 2.05) is 0 Å². The molecule has 0 aromatic carbocycles. The molecule has 3 aliphatic carbocycles. The fraction of sp³-hybridized carbons (Fsp3) is 1.00. The Morgan fingerprint density at radius 3 is 2.28 bits per heavy atom. The summed E-state index contributed by atoms with van der Waals surface area (Å²) in [6.07, 6.45) is 1.00. The highest BCUT2D eigenvalue weighted by atomic mass is 16.3. The average Bonchev–Trinajstić information content (AvgIpc) is 2.75. The molecule has 3 rings (SSSR count). The third-order valence-electron chi connectivity index (χ3n) is 6.68. The number of hydrogen-bond acceptors (Lipinski definition) is 3. The van der Waals surface area contributed by atoms with E-state index >= 15 is 0 Å². The van der Waals surface area contributed by atoms with Crippen LogP contribution in [0.2, 0.25) is 0 Å². The molecule has 3 heteroatoms. The average molecular weight is 254 g/mol. The molecule has 0 aromatic rings. The molecule has 3 saturated carbocycles. The molecule has 3 fully saturated rings. The second-order valence-corrected chi connectivity index (χ2v) is 8.00. The molecule has 3 nitrogen and oxygen atoms in total. The van der Waals surface area contributed by atoms with Gasteiger partial charge in [0, 0.05) is 10.8 Å². The summed E-state index contributed by atoms with van der Waals surface area (Å²) in [6, 6.07) is 0. The van der Waals surface area contributed by atoms with Crippen LogP contribution >= 0.6 is 0 Å². The topological polar surface area (TPSA) is 60.7 Å². The molecule has 0 unspecified atom stereocenters. The first-order valence-electron chi connectivity index (χ1n) is 7.23. The Kier molecular flexibility index (Phi) is 2.37. The van der Waals surface area contributed by atoms with Crippen molar-refractivity contribution in [2.45, 2.75) is 65.3 Å². The van der Waals surface area contributed by atoms with Gasteiger partial charge >= 0.3 is 0 Å². The Labute approximate surface area is 109 Å². The predicted octanol–water partition coefficient (Wildman–Crippen LogP) is 1.55. The Hall–Kier alpha value is -0.120. The largest absolute Gasteiger partial charge is 0.392 e. The highest BCUT2D eigenvalue weighted by molar-refractivity contribution is 5.25. The summed E-state index contributed by atoms with van der Waals surface area (Å²) in [5, 5.41) is 31.8. The SMILES string of the molecule is C[C@@H]1CC[C@]23[C@H]1[C@@H](O)[C@H](O)[C@@]2(C)CC(C)(C)[C@H]3O. The summed E-state index contributed by atoms with van der Waals surface area (Å²) in [5.41, 5.74) is -0.794. The van der Waals surface area contributed by atoms with Gasteiger partial charge in [0.1, 0.15) is 0 Å². The minimum Gasteiger partial charge on any atom is -0.392 e. The molecule has 7 atom stereocenters. The fourth-order valence-electron chi connectivity index (χ4n) is 6.12. The van der Waals surface area contributed by atoms with E-state index in [4.69, 9.17) is 0 Å². The molecule has 104 valence electrons. The summed E-state index contributed by atoms with van der Waals surface area (Å²) in [4.78, 5) is 0. The van der Waals surface area contributed by atoms with Crippen LogP contribution in [-0.2, 0) is 0 Å². The van der Waals surface area contributed by atoms with E-state index in [0.29, 0.717) is 5.92 Å². The quantitative estimate of drug-likeness (QED) is 0.614. The first kappa shape index (κ1) is 12.9. The Bertz CT molecular complexity index is 380. The molecule has 0 radical (unpaired) electrons. The van der Waals surface area contributed by atoms with Crippen LogP contribution in [0.5, 0.6) is 0 Å². The zero-order valence-corrected chi connectivity index (χ0v) is 11.8. The summed E-state index contributed by atoms with van der Waals surface area (Å²) >= 11 is 0. The van der Waals surface area contributed by atoms with Gasteiger partial charge in [-0.15, -0.1) is 0 Å². The van der Waals surface area contributed by atoms with E-state index in [9.17, 15) is 15.3 Å². The van der Waals surface area contributed by atoms with E-state index in [2.05, 4.69) is 27.7 Å². The van der Waals surface area contributed by atoms with Crippen molar-refractivity contribution in [3.8, 4) is 0 Å². The maximum absolute atomic E-state index is 10.9. The third kappa shape index (κ3) is 1.09. The Morgan fingerprint density at radius 2 is 1.67 bits per heavy atom. The van der Waals surface area contributed by atoms with Crippen molar-refractivity contribution in [3.05, 3.63) is 0 Å². The van der Waals surface area contributed by atoms with Gasteiger partial charge in [-0.3, -0.25) is 0 Å². The highest BCUT2D eigenvalue weighted by Crippen LogP contribution is 2.75. The fourth-order valence-corrected chi connectivity index (χ4v) is 6.12. The number of rotatable bonds is 0. The second kappa shape index (κ2) is 3.31. The number of hydrogen-bond donors (Lipinski definition) is 3. The smallest absolute Gasteiger partial charge is 0.0862 e. The number of aliphatic hydroxyl groups is 3. The molecule has 3 N–H and O–H groups in total. The van der Waals surface area contributed by atoms with Crippen molar-refractivity contribution >= 4 is 0 Å². The lowest BCUT2D eigenvalue weighted by Gasteiger charge is -2.42. The maximum atomic E-state index is 10.9. The van der Waals surface area contributed by atoms with Gasteiger partial charge in [0.25, 0.3) is 0 Å². The molecule has 0 aliphatic heterocycles. The van der Waals surface area contributed by atoms with Crippen LogP contribution in [0.25, 0.3) is 0 Å². The highest BCUT2D eigenvalue weighted by Gasteiger charge is 2.77.